The number of aromatic nitrogens is 5. The van der Waals surface area contributed by atoms with Crippen molar-refractivity contribution in [2.45, 2.75) is 13.8 Å². The summed E-state index contributed by atoms with van der Waals surface area (Å²) < 4.78 is 3.95. The first-order valence-electron chi connectivity index (χ1n) is 7.54. The van der Waals surface area contributed by atoms with Crippen molar-refractivity contribution in [3.63, 3.8) is 0 Å². The van der Waals surface area contributed by atoms with E-state index in [4.69, 9.17) is 0 Å². The van der Waals surface area contributed by atoms with Gasteiger partial charge in [0.2, 0.25) is 0 Å². The van der Waals surface area contributed by atoms with Crippen molar-refractivity contribution in [3.05, 3.63) is 60.2 Å². The van der Waals surface area contributed by atoms with Crippen LogP contribution in [0, 0.1) is 13.8 Å². The lowest BCUT2D eigenvalue weighted by Crippen LogP contribution is -2.05. The first-order chi connectivity index (χ1) is 11.2. The minimum atomic E-state index is 0.830. The molecule has 0 saturated carbocycles. The topological polar surface area (TPSA) is 48.5 Å². The zero-order chi connectivity index (χ0) is 16.0. The summed E-state index contributed by atoms with van der Waals surface area (Å²) in [6.07, 6.45) is 3.43. The average Bonchev–Trinajstić information content (AvgIpc) is 3.15. The number of para-hydroxylation sites is 2. The Hall–Kier alpha value is -2.95. The fourth-order valence-corrected chi connectivity index (χ4v) is 3.12. The van der Waals surface area contributed by atoms with Crippen LogP contribution in [-0.4, -0.2) is 24.3 Å². The van der Waals surface area contributed by atoms with Crippen LogP contribution in [0.15, 0.2) is 49.1 Å². The van der Waals surface area contributed by atoms with Crippen LogP contribution in [0.1, 0.15) is 11.1 Å². The van der Waals surface area contributed by atoms with E-state index in [9.17, 15) is 0 Å². The van der Waals surface area contributed by atoms with E-state index in [2.05, 4.69) is 53.2 Å². The Morgan fingerprint density at radius 2 is 1.65 bits per heavy atom. The quantitative estimate of drug-likeness (QED) is 0.570. The smallest absolute Gasteiger partial charge is 0.165 e. The van der Waals surface area contributed by atoms with Gasteiger partial charge in [0, 0.05) is 12.6 Å². The summed E-state index contributed by atoms with van der Waals surface area (Å²) in [6.45, 7) is 4.19. The molecule has 0 unspecified atom stereocenters. The highest BCUT2D eigenvalue weighted by molar-refractivity contribution is 5.90. The fourth-order valence-electron chi connectivity index (χ4n) is 3.12. The second kappa shape index (κ2) is 5.05. The molecule has 0 amide bonds. The summed E-state index contributed by atoms with van der Waals surface area (Å²) in [5, 5.41) is 4.48. The summed E-state index contributed by atoms with van der Waals surface area (Å²) in [7, 11) is 2.00. The van der Waals surface area contributed by atoms with Gasteiger partial charge in [0.1, 0.15) is 6.33 Å². The van der Waals surface area contributed by atoms with Gasteiger partial charge >= 0.3 is 0 Å². The predicted octanol–water partition coefficient (Wildman–Crippen LogP) is 3.44. The second-order valence-electron chi connectivity index (χ2n) is 5.76. The van der Waals surface area contributed by atoms with E-state index in [-0.39, 0.29) is 0 Å². The average molecular weight is 303 g/mol. The van der Waals surface area contributed by atoms with E-state index in [1.807, 2.05) is 34.8 Å². The van der Waals surface area contributed by atoms with Crippen molar-refractivity contribution in [2.24, 2.45) is 7.05 Å². The maximum atomic E-state index is 4.53. The molecule has 0 bridgehead atoms. The highest BCUT2D eigenvalue weighted by atomic mass is 15.3. The monoisotopic (exact) mass is 303 g/mol. The Bertz CT molecular complexity index is 989. The Morgan fingerprint density at radius 3 is 2.43 bits per heavy atom. The lowest BCUT2D eigenvalue weighted by Gasteiger charge is -2.13. The van der Waals surface area contributed by atoms with Crippen molar-refractivity contribution in [1.82, 2.24) is 24.3 Å². The van der Waals surface area contributed by atoms with E-state index in [1.165, 1.54) is 11.1 Å². The number of imidazole rings is 1. The molecule has 0 aliphatic heterocycles. The number of benzene rings is 2. The fraction of sp³-hybridized carbons (Fsp3) is 0.167. The Kier molecular flexibility index (Phi) is 3.01. The standard InChI is InChI=1S/C18H17N5/c1-12-6-4-7-13(2)16(12)23-18(19-10-21-23)14-8-5-9-15-17(14)22(3)11-20-15/h4-11H,1-3H3. The number of aryl methyl sites for hydroxylation is 3. The third-order valence-corrected chi connectivity index (χ3v) is 4.18. The van der Waals surface area contributed by atoms with Crippen molar-refractivity contribution >= 4 is 11.0 Å². The van der Waals surface area contributed by atoms with Crippen molar-refractivity contribution in [2.75, 3.05) is 0 Å². The van der Waals surface area contributed by atoms with Gasteiger partial charge in [-0.3, -0.25) is 0 Å². The molecule has 2 aromatic carbocycles. The lowest BCUT2D eigenvalue weighted by atomic mass is 10.1. The molecule has 0 aliphatic carbocycles. The van der Waals surface area contributed by atoms with Crippen LogP contribution in [-0.2, 0) is 7.05 Å². The predicted molar refractivity (Wildman–Crippen MR) is 90.5 cm³/mol. The highest BCUT2D eigenvalue weighted by Gasteiger charge is 2.16. The van der Waals surface area contributed by atoms with Crippen molar-refractivity contribution in [3.8, 4) is 17.1 Å². The SMILES string of the molecule is Cc1cccc(C)c1-n1ncnc1-c1cccc2ncn(C)c12. The number of hydrogen-bond donors (Lipinski definition) is 0. The van der Waals surface area contributed by atoms with Gasteiger partial charge in [-0.1, -0.05) is 24.3 Å². The van der Waals surface area contributed by atoms with Crippen molar-refractivity contribution < 1.29 is 0 Å². The molecule has 0 radical (unpaired) electrons. The molecular weight excluding hydrogens is 286 g/mol. The largest absolute Gasteiger partial charge is 0.333 e. The number of rotatable bonds is 2. The molecule has 2 aromatic heterocycles. The molecule has 0 aliphatic rings. The van der Waals surface area contributed by atoms with Gasteiger partial charge < -0.3 is 4.57 Å². The lowest BCUT2D eigenvalue weighted by molar-refractivity contribution is 0.870. The van der Waals surface area contributed by atoms with Crippen molar-refractivity contribution in [1.29, 1.82) is 0 Å². The van der Waals surface area contributed by atoms with Gasteiger partial charge in [0.05, 0.1) is 23.0 Å². The van der Waals surface area contributed by atoms with E-state index in [0.29, 0.717) is 0 Å². The molecule has 2 heterocycles. The summed E-state index contributed by atoms with van der Waals surface area (Å²) >= 11 is 0. The molecular formula is C18H17N5. The van der Waals surface area contributed by atoms with Crippen LogP contribution >= 0.6 is 0 Å². The maximum Gasteiger partial charge on any atom is 0.165 e. The summed E-state index contributed by atoms with van der Waals surface area (Å²) in [4.78, 5) is 8.96. The summed E-state index contributed by atoms with van der Waals surface area (Å²) in [6, 6.07) is 12.3. The molecule has 4 rings (SSSR count). The molecule has 23 heavy (non-hydrogen) atoms. The summed E-state index contributed by atoms with van der Waals surface area (Å²) in [5.41, 5.74) is 6.48. The van der Waals surface area contributed by atoms with E-state index in [0.717, 1.165) is 28.1 Å². The molecule has 0 spiro atoms. The Balaban J connectivity index is 2.02. The molecule has 0 atom stereocenters. The van der Waals surface area contributed by atoms with E-state index in [1.54, 1.807) is 6.33 Å². The maximum absolute atomic E-state index is 4.53. The van der Waals surface area contributed by atoms with Crippen LogP contribution in [0.3, 0.4) is 0 Å². The van der Waals surface area contributed by atoms with E-state index < -0.39 is 0 Å². The first-order valence-corrected chi connectivity index (χ1v) is 7.54. The van der Waals surface area contributed by atoms with E-state index >= 15 is 0 Å². The van der Waals surface area contributed by atoms with Crippen LogP contribution in [0.5, 0.6) is 0 Å². The molecule has 114 valence electrons. The number of fused-ring (bicyclic) bond motifs is 1. The molecule has 5 nitrogen and oxygen atoms in total. The molecule has 0 fully saturated rings. The van der Waals surface area contributed by atoms with Gasteiger partial charge in [-0.2, -0.15) is 5.10 Å². The minimum Gasteiger partial charge on any atom is -0.333 e. The zero-order valence-electron chi connectivity index (χ0n) is 13.4. The third-order valence-electron chi connectivity index (χ3n) is 4.18. The zero-order valence-corrected chi connectivity index (χ0v) is 13.4. The van der Waals surface area contributed by atoms with Crippen LogP contribution in [0.4, 0.5) is 0 Å². The molecule has 4 aromatic rings. The van der Waals surface area contributed by atoms with Gasteiger partial charge in [-0.25, -0.2) is 14.6 Å². The van der Waals surface area contributed by atoms with Gasteiger partial charge in [0.25, 0.3) is 0 Å². The minimum absolute atomic E-state index is 0.830. The van der Waals surface area contributed by atoms with Crippen LogP contribution in [0.2, 0.25) is 0 Å². The third kappa shape index (κ3) is 2.04. The second-order valence-corrected chi connectivity index (χ2v) is 5.76. The number of nitrogens with zero attached hydrogens (tertiary/aromatic N) is 5. The first kappa shape index (κ1) is 13.7. The molecule has 5 heteroatoms. The van der Waals surface area contributed by atoms with Crippen LogP contribution < -0.4 is 0 Å². The van der Waals surface area contributed by atoms with Gasteiger partial charge in [-0.05, 0) is 37.1 Å². The normalized spacial score (nSPS) is 11.3. The van der Waals surface area contributed by atoms with Gasteiger partial charge in [-0.15, -0.1) is 0 Å². The Labute approximate surface area is 134 Å². The van der Waals surface area contributed by atoms with Crippen LogP contribution in [0.25, 0.3) is 28.1 Å². The van der Waals surface area contributed by atoms with Gasteiger partial charge in [0.15, 0.2) is 5.82 Å². The molecule has 0 saturated heterocycles. The summed E-state index contributed by atoms with van der Waals surface area (Å²) in [5.74, 6) is 0.830. The number of hydrogen-bond acceptors (Lipinski definition) is 3. The molecule has 0 N–H and O–H groups in total. The highest BCUT2D eigenvalue weighted by Crippen LogP contribution is 2.29. The Morgan fingerprint density at radius 1 is 0.913 bits per heavy atom.